The normalized spacial score (nSPS) is 30.8. The molecule has 2 aliphatic carbocycles. The SMILES string of the molecule is Cc1cc2c3c(c1)[C@@H]1C=CC[C@H]1CN3[C@H](c1ccc([N+](=O)[O-])cc1)[C@H]1CC=C[C@H]21. The Morgan fingerprint density at radius 2 is 1.69 bits per heavy atom. The Balaban J connectivity index is 1.54. The molecule has 6 rings (SSSR count). The number of fused-ring (bicyclic) bond motifs is 4. The van der Waals surface area contributed by atoms with E-state index < -0.39 is 0 Å². The van der Waals surface area contributed by atoms with Crippen LogP contribution in [-0.2, 0) is 0 Å². The highest BCUT2D eigenvalue weighted by Crippen LogP contribution is 2.58. The van der Waals surface area contributed by atoms with Gasteiger partial charge in [0.1, 0.15) is 0 Å². The van der Waals surface area contributed by atoms with Crippen molar-refractivity contribution >= 4 is 11.4 Å². The molecule has 2 aromatic carbocycles. The van der Waals surface area contributed by atoms with Crippen LogP contribution in [0.25, 0.3) is 0 Å². The number of allylic oxidation sites excluding steroid dienone is 4. The van der Waals surface area contributed by atoms with E-state index >= 15 is 0 Å². The summed E-state index contributed by atoms with van der Waals surface area (Å²) in [6.07, 6.45) is 11.7. The van der Waals surface area contributed by atoms with Gasteiger partial charge in [-0.3, -0.25) is 10.1 Å². The van der Waals surface area contributed by atoms with E-state index in [0.717, 1.165) is 19.4 Å². The molecular weight excluding hydrogens is 360 g/mol. The largest absolute Gasteiger partial charge is 0.363 e. The lowest BCUT2D eigenvalue weighted by molar-refractivity contribution is -0.384. The number of rotatable bonds is 2. The van der Waals surface area contributed by atoms with Crippen LogP contribution in [0.2, 0.25) is 0 Å². The van der Waals surface area contributed by atoms with Gasteiger partial charge in [0.15, 0.2) is 0 Å². The van der Waals surface area contributed by atoms with Gasteiger partial charge >= 0.3 is 0 Å². The van der Waals surface area contributed by atoms with E-state index in [1.165, 1.54) is 27.9 Å². The van der Waals surface area contributed by atoms with Gasteiger partial charge in [-0.25, -0.2) is 0 Å². The molecular formula is C25H24N2O2. The van der Waals surface area contributed by atoms with Crippen molar-refractivity contribution in [3.63, 3.8) is 0 Å². The molecule has 2 aromatic rings. The van der Waals surface area contributed by atoms with Crippen LogP contribution < -0.4 is 4.90 Å². The molecule has 0 saturated heterocycles. The van der Waals surface area contributed by atoms with Crippen LogP contribution >= 0.6 is 0 Å². The highest BCUT2D eigenvalue weighted by atomic mass is 16.6. The third-order valence-corrected chi connectivity index (χ3v) is 7.44. The number of hydrogen-bond acceptors (Lipinski definition) is 3. The smallest absolute Gasteiger partial charge is 0.269 e. The average Bonchev–Trinajstić information content (AvgIpc) is 3.37. The molecule has 0 spiro atoms. The van der Waals surface area contributed by atoms with Gasteiger partial charge in [-0.1, -0.05) is 54.1 Å². The lowest BCUT2D eigenvalue weighted by atomic mass is 9.70. The van der Waals surface area contributed by atoms with E-state index in [4.69, 9.17) is 0 Å². The Bertz CT molecular complexity index is 1050. The standard InChI is InChI=1S/C25H24N2O2/c1-15-12-22-19-5-2-4-17(19)14-26-24(16-8-10-18(11-9-16)27(28)29)21-7-3-6-20(21)23(13-15)25(22)26/h2-3,5-6,8-13,17,19-21,24H,4,7,14H2,1H3/t17-,19+,20-,21-,24+/m0/s1. The molecule has 2 heterocycles. The summed E-state index contributed by atoms with van der Waals surface area (Å²) in [6.45, 7) is 3.28. The predicted molar refractivity (Wildman–Crippen MR) is 114 cm³/mol. The molecule has 4 aliphatic rings. The summed E-state index contributed by atoms with van der Waals surface area (Å²) in [5, 5.41) is 11.1. The first-order valence-electron chi connectivity index (χ1n) is 10.6. The van der Waals surface area contributed by atoms with Gasteiger partial charge in [-0.2, -0.15) is 0 Å². The van der Waals surface area contributed by atoms with Crippen molar-refractivity contribution in [3.05, 3.63) is 93.1 Å². The first-order valence-corrected chi connectivity index (χ1v) is 10.6. The molecule has 146 valence electrons. The third kappa shape index (κ3) is 2.38. The van der Waals surface area contributed by atoms with Crippen molar-refractivity contribution in [2.75, 3.05) is 11.4 Å². The molecule has 0 saturated carbocycles. The van der Waals surface area contributed by atoms with E-state index in [1.807, 2.05) is 12.1 Å². The molecule has 29 heavy (non-hydrogen) atoms. The zero-order chi connectivity index (χ0) is 19.7. The molecule has 0 aromatic heterocycles. The van der Waals surface area contributed by atoms with E-state index in [-0.39, 0.29) is 16.7 Å². The minimum absolute atomic E-state index is 0.168. The van der Waals surface area contributed by atoms with Crippen molar-refractivity contribution in [3.8, 4) is 0 Å². The summed E-state index contributed by atoms with van der Waals surface area (Å²) >= 11 is 0. The molecule has 0 radical (unpaired) electrons. The molecule has 0 bridgehead atoms. The number of anilines is 1. The highest BCUT2D eigenvalue weighted by molar-refractivity contribution is 5.70. The number of benzene rings is 2. The average molecular weight is 384 g/mol. The number of hydrogen-bond donors (Lipinski definition) is 0. The molecule has 0 unspecified atom stereocenters. The number of aryl methyl sites for hydroxylation is 1. The summed E-state index contributed by atoms with van der Waals surface area (Å²) in [7, 11) is 0. The van der Waals surface area contributed by atoms with E-state index in [9.17, 15) is 10.1 Å². The second-order valence-electron chi connectivity index (χ2n) is 9.04. The van der Waals surface area contributed by atoms with Crippen molar-refractivity contribution in [1.82, 2.24) is 0 Å². The minimum Gasteiger partial charge on any atom is -0.363 e. The lowest BCUT2D eigenvalue weighted by Gasteiger charge is -2.51. The summed E-state index contributed by atoms with van der Waals surface area (Å²) < 4.78 is 0. The van der Waals surface area contributed by atoms with Crippen LogP contribution in [0.1, 0.15) is 53.0 Å². The van der Waals surface area contributed by atoms with Crippen molar-refractivity contribution in [2.24, 2.45) is 11.8 Å². The number of non-ortho nitro benzene ring substituents is 1. The van der Waals surface area contributed by atoms with Crippen LogP contribution in [0.15, 0.2) is 60.7 Å². The zero-order valence-corrected chi connectivity index (χ0v) is 16.5. The second-order valence-corrected chi connectivity index (χ2v) is 9.04. The Hall–Kier alpha value is -2.88. The number of nitrogens with zero attached hydrogens (tertiary/aromatic N) is 2. The maximum absolute atomic E-state index is 11.1. The minimum atomic E-state index is -0.309. The molecule has 4 nitrogen and oxygen atoms in total. The first-order chi connectivity index (χ1) is 14.1. The maximum Gasteiger partial charge on any atom is 0.269 e. The summed E-state index contributed by atoms with van der Waals surface area (Å²) in [4.78, 5) is 13.5. The number of nitro groups is 1. The molecule has 2 aliphatic heterocycles. The van der Waals surface area contributed by atoms with Crippen LogP contribution in [0, 0.1) is 28.9 Å². The molecule has 0 N–H and O–H groups in total. The molecule has 4 heteroatoms. The van der Waals surface area contributed by atoms with Crippen LogP contribution in [0.5, 0.6) is 0 Å². The Morgan fingerprint density at radius 3 is 2.45 bits per heavy atom. The summed E-state index contributed by atoms with van der Waals surface area (Å²) in [5.74, 6) is 2.08. The van der Waals surface area contributed by atoms with Gasteiger partial charge in [0.05, 0.1) is 11.0 Å². The van der Waals surface area contributed by atoms with Gasteiger partial charge in [0.2, 0.25) is 0 Å². The van der Waals surface area contributed by atoms with Gasteiger partial charge in [-0.05, 0) is 48.3 Å². The maximum atomic E-state index is 11.1. The van der Waals surface area contributed by atoms with Gasteiger partial charge < -0.3 is 4.90 Å². The van der Waals surface area contributed by atoms with Crippen LogP contribution in [0.3, 0.4) is 0 Å². The lowest BCUT2D eigenvalue weighted by Crippen LogP contribution is -2.46. The van der Waals surface area contributed by atoms with Gasteiger partial charge in [0.25, 0.3) is 5.69 Å². The zero-order valence-electron chi connectivity index (χ0n) is 16.5. The Labute approximate surface area is 170 Å². The highest BCUT2D eigenvalue weighted by Gasteiger charge is 2.47. The van der Waals surface area contributed by atoms with Crippen molar-refractivity contribution in [1.29, 1.82) is 0 Å². The number of nitro benzene ring substituents is 1. The Kier molecular flexibility index (Phi) is 3.55. The van der Waals surface area contributed by atoms with Crippen molar-refractivity contribution < 1.29 is 4.92 Å². The molecule has 0 fully saturated rings. The van der Waals surface area contributed by atoms with Gasteiger partial charge in [0, 0.05) is 36.2 Å². The summed E-state index contributed by atoms with van der Waals surface area (Å²) in [6, 6.07) is 12.4. The van der Waals surface area contributed by atoms with E-state index in [1.54, 1.807) is 12.1 Å². The van der Waals surface area contributed by atoms with Crippen LogP contribution in [-0.4, -0.2) is 11.5 Å². The Morgan fingerprint density at radius 1 is 1.00 bits per heavy atom. The summed E-state index contributed by atoms with van der Waals surface area (Å²) in [5.41, 5.74) is 7.12. The topological polar surface area (TPSA) is 46.4 Å². The second kappa shape index (κ2) is 6.06. The quantitative estimate of drug-likeness (QED) is 0.374. The van der Waals surface area contributed by atoms with Crippen LogP contribution in [0.4, 0.5) is 11.4 Å². The van der Waals surface area contributed by atoms with Crippen molar-refractivity contribution in [2.45, 2.75) is 37.6 Å². The van der Waals surface area contributed by atoms with E-state index in [0.29, 0.717) is 23.7 Å². The monoisotopic (exact) mass is 384 g/mol. The molecule has 0 amide bonds. The fourth-order valence-corrected chi connectivity index (χ4v) is 6.30. The fraction of sp³-hybridized carbons (Fsp3) is 0.360. The van der Waals surface area contributed by atoms with E-state index in [2.05, 4.69) is 48.3 Å². The molecule has 5 atom stereocenters. The third-order valence-electron chi connectivity index (χ3n) is 7.44. The van der Waals surface area contributed by atoms with Gasteiger partial charge in [-0.15, -0.1) is 0 Å². The predicted octanol–water partition coefficient (Wildman–Crippen LogP) is 5.80. The fourth-order valence-electron chi connectivity index (χ4n) is 6.30. The first kappa shape index (κ1) is 17.0.